The Morgan fingerprint density at radius 1 is 0.875 bits per heavy atom. The molecule has 0 bridgehead atoms. The molecular formula is C44H46ClFN6O4. The number of nitrogens with one attached hydrogen (secondary N) is 2. The van der Waals surface area contributed by atoms with E-state index in [1.54, 1.807) is 34.9 Å². The third kappa shape index (κ3) is 7.19. The number of imidazole rings is 2. The van der Waals surface area contributed by atoms with Crippen LogP contribution in [0.3, 0.4) is 0 Å². The standard InChI is InChI=1S/C44H46ClFN6O4/c1-4-44(55,5-2)29-14-20-35-37(22-29)52(42(48-35)50-40(54)27-10-9-11-27)33-24-34(25-33)56-43(3,28-12-7-6-8-13-28)26-39(53)49-41-47-36-21-15-30(45)23-38(36)51(41)32-18-16-31(46)17-19-32/h6-8,12-23,27,33-34,55H,4-5,9-11,24-26H2,1-3H3,(H,47,49,53)(H,48,50,54). The summed E-state index contributed by atoms with van der Waals surface area (Å²) in [6.45, 7) is 5.88. The van der Waals surface area contributed by atoms with E-state index >= 15 is 0 Å². The maximum atomic E-state index is 14.1. The second-order valence-electron chi connectivity index (χ2n) is 15.4. The summed E-state index contributed by atoms with van der Waals surface area (Å²) < 4.78 is 24.7. The first-order valence-corrected chi connectivity index (χ1v) is 19.9. The molecular weight excluding hydrogens is 731 g/mol. The Morgan fingerprint density at radius 3 is 2.23 bits per heavy atom. The number of nitrogens with zero attached hydrogens (tertiary/aromatic N) is 4. The van der Waals surface area contributed by atoms with Crippen LogP contribution in [0.15, 0.2) is 91.0 Å². The SMILES string of the molecule is CCC(O)(CC)c1ccc2nc(NC(=O)C3CCC3)n(C3CC(OC(C)(CC(=O)Nc4nc5ccc(Cl)cc5n4-c4ccc(F)cc4)c4ccccc4)C3)c2c1. The van der Waals surface area contributed by atoms with E-state index in [-0.39, 0.29) is 48.1 Å². The second-order valence-corrected chi connectivity index (χ2v) is 15.9. The third-order valence-electron chi connectivity index (χ3n) is 11.8. The highest BCUT2D eigenvalue weighted by Crippen LogP contribution is 2.45. The molecule has 2 fully saturated rings. The van der Waals surface area contributed by atoms with Gasteiger partial charge in [0.2, 0.25) is 23.7 Å². The fourth-order valence-corrected chi connectivity index (χ4v) is 8.22. The number of aromatic nitrogens is 4. The van der Waals surface area contributed by atoms with Crippen LogP contribution in [0.2, 0.25) is 5.02 Å². The molecule has 0 saturated heterocycles. The Labute approximate surface area is 330 Å². The van der Waals surface area contributed by atoms with Gasteiger partial charge in [-0.25, -0.2) is 14.4 Å². The molecule has 2 saturated carbocycles. The molecule has 290 valence electrons. The van der Waals surface area contributed by atoms with Crippen LogP contribution >= 0.6 is 11.6 Å². The van der Waals surface area contributed by atoms with Crippen LogP contribution in [0.4, 0.5) is 16.3 Å². The highest BCUT2D eigenvalue weighted by atomic mass is 35.5. The van der Waals surface area contributed by atoms with E-state index in [4.69, 9.17) is 26.3 Å². The Bertz CT molecular complexity index is 2400. The van der Waals surface area contributed by atoms with Gasteiger partial charge in [0, 0.05) is 22.7 Å². The number of fused-ring (bicyclic) bond motifs is 2. The molecule has 2 aliphatic rings. The van der Waals surface area contributed by atoms with Gasteiger partial charge in [0.1, 0.15) is 5.82 Å². The molecule has 6 aromatic rings. The maximum Gasteiger partial charge on any atom is 0.229 e. The van der Waals surface area contributed by atoms with Crippen molar-refractivity contribution in [3.8, 4) is 5.69 Å². The number of ether oxygens (including phenoxy) is 1. The van der Waals surface area contributed by atoms with Crippen LogP contribution in [-0.4, -0.2) is 42.1 Å². The van der Waals surface area contributed by atoms with Gasteiger partial charge in [-0.15, -0.1) is 0 Å². The number of rotatable bonds is 13. The minimum Gasteiger partial charge on any atom is -0.385 e. The molecule has 3 N–H and O–H groups in total. The quantitative estimate of drug-likeness (QED) is 0.107. The van der Waals surface area contributed by atoms with Crippen LogP contribution in [0.1, 0.15) is 89.3 Å². The van der Waals surface area contributed by atoms with Crippen LogP contribution < -0.4 is 10.6 Å². The summed E-state index contributed by atoms with van der Waals surface area (Å²) in [6.07, 6.45) is 4.96. The average Bonchev–Trinajstić information content (AvgIpc) is 3.68. The zero-order valence-electron chi connectivity index (χ0n) is 31.8. The molecule has 10 nitrogen and oxygen atoms in total. The molecule has 2 aliphatic carbocycles. The molecule has 1 atom stereocenters. The Balaban J connectivity index is 1.06. The van der Waals surface area contributed by atoms with E-state index in [0.29, 0.717) is 53.4 Å². The lowest BCUT2D eigenvalue weighted by atomic mass is 9.84. The van der Waals surface area contributed by atoms with Crippen molar-refractivity contribution in [3.63, 3.8) is 0 Å². The van der Waals surface area contributed by atoms with E-state index in [1.165, 1.54) is 12.1 Å². The number of carbonyl (C=O) groups is 2. The number of aliphatic hydroxyl groups is 1. The van der Waals surface area contributed by atoms with E-state index in [0.717, 1.165) is 41.4 Å². The molecule has 2 aromatic heterocycles. The molecule has 56 heavy (non-hydrogen) atoms. The zero-order valence-corrected chi connectivity index (χ0v) is 32.5. The molecule has 12 heteroatoms. The predicted molar refractivity (Wildman–Crippen MR) is 216 cm³/mol. The van der Waals surface area contributed by atoms with Crippen molar-refractivity contribution >= 4 is 57.4 Å². The number of benzene rings is 4. The van der Waals surface area contributed by atoms with Gasteiger partial charge in [0.05, 0.1) is 45.8 Å². The van der Waals surface area contributed by atoms with Gasteiger partial charge >= 0.3 is 0 Å². The summed E-state index contributed by atoms with van der Waals surface area (Å²) in [6, 6.07) is 26.8. The van der Waals surface area contributed by atoms with Crippen molar-refractivity contribution in [2.45, 2.75) is 95.5 Å². The smallest absolute Gasteiger partial charge is 0.229 e. The van der Waals surface area contributed by atoms with Crippen molar-refractivity contribution in [1.29, 1.82) is 0 Å². The number of carbonyl (C=O) groups excluding carboxylic acids is 2. The molecule has 8 rings (SSSR count). The van der Waals surface area contributed by atoms with E-state index in [9.17, 15) is 19.1 Å². The highest BCUT2D eigenvalue weighted by molar-refractivity contribution is 6.31. The molecule has 0 aliphatic heterocycles. The van der Waals surface area contributed by atoms with Crippen molar-refractivity contribution in [3.05, 3.63) is 113 Å². The summed E-state index contributed by atoms with van der Waals surface area (Å²) in [4.78, 5) is 36.8. The molecule has 2 amide bonds. The third-order valence-corrected chi connectivity index (χ3v) is 12.0. The monoisotopic (exact) mass is 776 g/mol. The molecule has 1 unspecified atom stereocenters. The van der Waals surface area contributed by atoms with Gasteiger partial charge in [-0.05, 0) is 111 Å². The van der Waals surface area contributed by atoms with Gasteiger partial charge in [-0.2, -0.15) is 0 Å². The first-order chi connectivity index (χ1) is 27.0. The molecule has 0 spiro atoms. The van der Waals surface area contributed by atoms with Crippen LogP contribution in [-0.2, 0) is 25.5 Å². The summed E-state index contributed by atoms with van der Waals surface area (Å²) in [5, 5.41) is 18.1. The first kappa shape index (κ1) is 37.8. The van der Waals surface area contributed by atoms with Gasteiger partial charge in [0.15, 0.2) is 0 Å². The summed E-state index contributed by atoms with van der Waals surface area (Å²) >= 11 is 6.36. The van der Waals surface area contributed by atoms with Gasteiger partial charge in [-0.3, -0.25) is 24.8 Å². The van der Waals surface area contributed by atoms with E-state index in [2.05, 4.69) is 15.2 Å². The van der Waals surface area contributed by atoms with Crippen molar-refractivity contribution in [1.82, 2.24) is 19.1 Å². The number of amides is 2. The number of anilines is 2. The van der Waals surface area contributed by atoms with Crippen molar-refractivity contribution in [2.75, 3.05) is 10.6 Å². The fourth-order valence-electron chi connectivity index (χ4n) is 8.06. The highest BCUT2D eigenvalue weighted by Gasteiger charge is 2.41. The van der Waals surface area contributed by atoms with Gasteiger partial charge in [0.25, 0.3) is 0 Å². The van der Waals surface area contributed by atoms with Gasteiger partial charge in [-0.1, -0.05) is 68.3 Å². The summed E-state index contributed by atoms with van der Waals surface area (Å²) in [5.74, 6) is 0.0622. The zero-order chi connectivity index (χ0) is 39.2. The van der Waals surface area contributed by atoms with Crippen LogP contribution in [0.5, 0.6) is 0 Å². The number of hydrogen-bond donors (Lipinski definition) is 3. The van der Waals surface area contributed by atoms with Crippen LogP contribution in [0, 0.1) is 11.7 Å². The average molecular weight is 777 g/mol. The molecule has 4 aromatic carbocycles. The lowest BCUT2D eigenvalue weighted by Gasteiger charge is -2.43. The Hall–Kier alpha value is -5.10. The number of hydrogen-bond acceptors (Lipinski definition) is 6. The Morgan fingerprint density at radius 2 is 1.55 bits per heavy atom. The van der Waals surface area contributed by atoms with Crippen LogP contribution in [0.25, 0.3) is 27.8 Å². The topological polar surface area (TPSA) is 123 Å². The van der Waals surface area contributed by atoms with E-state index in [1.807, 2.05) is 69.3 Å². The van der Waals surface area contributed by atoms with Gasteiger partial charge < -0.3 is 14.4 Å². The normalized spacial score (nSPS) is 18.3. The lowest BCUT2D eigenvalue weighted by Crippen LogP contribution is -2.42. The summed E-state index contributed by atoms with van der Waals surface area (Å²) in [5.41, 5.74) is 3.18. The predicted octanol–water partition coefficient (Wildman–Crippen LogP) is 9.58. The lowest BCUT2D eigenvalue weighted by molar-refractivity contribution is -0.146. The fraction of sp³-hybridized carbons (Fsp3) is 0.364. The molecule has 0 radical (unpaired) electrons. The van der Waals surface area contributed by atoms with Crippen molar-refractivity contribution < 1.29 is 23.8 Å². The number of halogens is 2. The Kier molecular flexibility index (Phi) is 10.2. The maximum absolute atomic E-state index is 14.1. The van der Waals surface area contributed by atoms with Crippen molar-refractivity contribution in [2.24, 2.45) is 5.92 Å². The molecule has 2 heterocycles. The first-order valence-electron chi connectivity index (χ1n) is 19.5. The summed E-state index contributed by atoms with van der Waals surface area (Å²) in [7, 11) is 0. The minimum atomic E-state index is -1.01. The second kappa shape index (κ2) is 15.1. The minimum absolute atomic E-state index is 0.00997. The largest absolute Gasteiger partial charge is 0.385 e. The van der Waals surface area contributed by atoms with E-state index < -0.39 is 11.2 Å².